The molecule has 1 heterocycles. The third-order valence-electron chi connectivity index (χ3n) is 1.66. The number of anilines is 1. The molecule has 0 aromatic carbocycles. The highest BCUT2D eigenvalue weighted by Crippen LogP contribution is 2.00. The van der Waals surface area contributed by atoms with Crippen molar-refractivity contribution in [3.8, 4) is 0 Å². The topological polar surface area (TPSA) is 66.5 Å². The van der Waals surface area contributed by atoms with E-state index < -0.39 is 0 Å². The van der Waals surface area contributed by atoms with Gasteiger partial charge in [0.2, 0.25) is 5.95 Å². The second-order valence-corrected chi connectivity index (χ2v) is 2.64. The van der Waals surface area contributed by atoms with Crippen molar-refractivity contribution in [3.05, 3.63) is 0 Å². The van der Waals surface area contributed by atoms with Gasteiger partial charge >= 0.3 is 0 Å². The molecule has 2 N–H and O–H groups in total. The first-order chi connectivity index (χ1) is 5.33. The summed E-state index contributed by atoms with van der Waals surface area (Å²) in [7, 11) is 0. The molecular formula is C6H13N5. The fourth-order valence-electron chi connectivity index (χ4n) is 0.649. The number of aromatic nitrogens is 4. The molecule has 1 aromatic heterocycles. The van der Waals surface area contributed by atoms with Crippen LogP contribution in [0.25, 0.3) is 0 Å². The quantitative estimate of drug-likeness (QED) is 0.670. The van der Waals surface area contributed by atoms with Crippen LogP contribution in [-0.4, -0.2) is 27.2 Å². The van der Waals surface area contributed by atoms with E-state index in [1.807, 2.05) is 0 Å². The number of H-pyrrole nitrogens is 1. The molecule has 0 saturated heterocycles. The van der Waals surface area contributed by atoms with Crippen molar-refractivity contribution in [2.24, 2.45) is 5.92 Å². The first kappa shape index (κ1) is 7.97. The summed E-state index contributed by atoms with van der Waals surface area (Å²) in [6.07, 6.45) is 1.16. The molecule has 0 aliphatic rings. The van der Waals surface area contributed by atoms with Crippen LogP contribution in [0.4, 0.5) is 5.95 Å². The lowest BCUT2D eigenvalue weighted by atomic mass is 10.1. The van der Waals surface area contributed by atoms with Gasteiger partial charge in [0.1, 0.15) is 0 Å². The fraction of sp³-hybridized carbons (Fsp3) is 0.833. The molecular weight excluding hydrogens is 142 g/mol. The molecule has 0 spiro atoms. The van der Waals surface area contributed by atoms with Gasteiger partial charge in [-0.1, -0.05) is 25.4 Å². The van der Waals surface area contributed by atoms with Gasteiger partial charge in [0.25, 0.3) is 0 Å². The van der Waals surface area contributed by atoms with Crippen molar-refractivity contribution >= 4 is 5.95 Å². The second kappa shape index (κ2) is 3.90. The van der Waals surface area contributed by atoms with E-state index in [0.29, 0.717) is 11.9 Å². The molecule has 0 saturated carbocycles. The molecule has 5 heteroatoms. The number of rotatable bonds is 4. The molecule has 0 aliphatic carbocycles. The Labute approximate surface area is 65.6 Å². The molecule has 1 rings (SSSR count). The summed E-state index contributed by atoms with van der Waals surface area (Å²) in [6.45, 7) is 5.25. The number of hydrogen-bond acceptors (Lipinski definition) is 4. The fourth-order valence-corrected chi connectivity index (χ4v) is 0.649. The smallest absolute Gasteiger partial charge is 0.240 e. The average molecular weight is 155 g/mol. The summed E-state index contributed by atoms with van der Waals surface area (Å²) in [6, 6.07) is 0. The Morgan fingerprint density at radius 2 is 2.45 bits per heavy atom. The van der Waals surface area contributed by atoms with Gasteiger partial charge in [-0.05, 0) is 16.3 Å². The van der Waals surface area contributed by atoms with Crippen molar-refractivity contribution in [1.29, 1.82) is 0 Å². The van der Waals surface area contributed by atoms with Gasteiger partial charge in [-0.2, -0.15) is 0 Å². The highest BCUT2D eigenvalue weighted by Gasteiger charge is 1.99. The van der Waals surface area contributed by atoms with Crippen molar-refractivity contribution < 1.29 is 0 Å². The van der Waals surface area contributed by atoms with Crippen LogP contribution in [-0.2, 0) is 0 Å². The van der Waals surface area contributed by atoms with E-state index in [1.54, 1.807) is 0 Å². The maximum absolute atomic E-state index is 3.69. The number of nitrogens with one attached hydrogen (secondary N) is 2. The predicted molar refractivity (Wildman–Crippen MR) is 42.1 cm³/mol. The average Bonchev–Trinajstić information content (AvgIpc) is 2.52. The minimum Gasteiger partial charge on any atom is -0.353 e. The molecule has 0 bridgehead atoms. The summed E-state index contributed by atoms with van der Waals surface area (Å²) in [5.74, 6) is 1.30. The van der Waals surface area contributed by atoms with Gasteiger partial charge < -0.3 is 5.32 Å². The molecule has 5 nitrogen and oxygen atoms in total. The van der Waals surface area contributed by atoms with Crippen molar-refractivity contribution in [2.45, 2.75) is 20.3 Å². The molecule has 0 aliphatic heterocycles. The molecule has 0 radical (unpaired) electrons. The first-order valence-electron chi connectivity index (χ1n) is 3.80. The Hall–Kier alpha value is -1.13. The van der Waals surface area contributed by atoms with Gasteiger partial charge in [0, 0.05) is 6.54 Å². The monoisotopic (exact) mass is 155 g/mol. The van der Waals surface area contributed by atoms with Crippen molar-refractivity contribution in [3.63, 3.8) is 0 Å². The van der Waals surface area contributed by atoms with E-state index in [0.717, 1.165) is 13.0 Å². The zero-order valence-electron chi connectivity index (χ0n) is 6.83. The predicted octanol–water partition coefficient (Wildman–Crippen LogP) is 0.658. The van der Waals surface area contributed by atoms with E-state index in [2.05, 4.69) is 39.8 Å². The molecule has 11 heavy (non-hydrogen) atoms. The van der Waals surface area contributed by atoms with Crippen LogP contribution in [0, 0.1) is 5.92 Å². The Balaban J connectivity index is 2.23. The Kier molecular flexibility index (Phi) is 2.83. The van der Waals surface area contributed by atoms with Crippen molar-refractivity contribution in [1.82, 2.24) is 20.6 Å². The van der Waals surface area contributed by atoms with E-state index in [4.69, 9.17) is 0 Å². The maximum Gasteiger partial charge on any atom is 0.240 e. The van der Waals surface area contributed by atoms with Crippen molar-refractivity contribution in [2.75, 3.05) is 11.9 Å². The summed E-state index contributed by atoms with van der Waals surface area (Å²) in [4.78, 5) is 0. The van der Waals surface area contributed by atoms with Gasteiger partial charge in [-0.15, -0.1) is 0 Å². The van der Waals surface area contributed by atoms with Gasteiger partial charge in [0.05, 0.1) is 0 Å². The Morgan fingerprint density at radius 1 is 1.64 bits per heavy atom. The molecule has 0 amide bonds. The summed E-state index contributed by atoms with van der Waals surface area (Å²) in [5, 5.41) is 16.3. The Bertz CT molecular complexity index is 183. The molecule has 0 fully saturated rings. The lowest BCUT2D eigenvalue weighted by molar-refractivity contribution is 0.591. The summed E-state index contributed by atoms with van der Waals surface area (Å²) < 4.78 is 0. The van der Waals surface area contributed by atoms with Gasteiger partial charge in [-0.3, -0.25) is 0 Å². The lowest BCUT2D eigenvalue weighted by Gasteiger charge is -2.07. The highest BCUT2D eigenvalue weighted by atomic mass is 15.5. The highest BCUT2D eigenvalue weighted by molar-refractivity contribution is 5.18. The van der Waals surface area contributed by atoms with Crippen LogP contribution in [0.5, 0.6) is 0 Å². The minimum atomic E-state index is 0.644. The third kappa shape index (κ3) is 2.53. The zero-order valence-corrected chi connectivity index (χ0v) is 6.83. The molecule has 0 unspecified atom stereocenters. The normalized spacial score (nSPS) is 12.9. The van der Waals surface area contributed by atoms with Crippen LogP contribution >= 0.6 is 0 Å². The molecule has 1 aromatic rings. The number of nitrogens with zero attached hydrogens (tertiary/aromatic N) is 3. The Morgan fingerprint density at radius 3 is 3.00 bits per heavy atom. The van der Waals surface area contributed by atoms with E-state index >= 15 is 0 Å². The maximum atomic E-state index is 3.69. The first-order valence-corrected chi connectivity index (χ1v) is 3.80. The third-order valence-corrected chi connectivity index (χ3v) is 1.66. The molecule has 1 atom stereocenters. The van der Waals surface area contributed by atoms with Crippen LogP contribution < -0.4 is 5.32 Å². The summed E-state index contributed by atoms with van der Waals surface area (Å²) in [5.41, 5.74) is 0. The summed E-state index contributed by atoms with van der Waals surface area (Å²) >= 11 is 0. The second-order valence-electron chi connectivity index (χ2n) is 2.64. The largest absolute Gasteiger partial charge is 0.353 e. The van der Waals surface area contributed by atoms with E-state index in [-0.39, 0.29) is 0 Å². The SMILES string of the molecule is CC[C@H](C)CNc1nnn[nH]1. The van der Waals surface area contributed by atoms with Crippen LogP contribution in [0.3, 0.4) is 0 Å². The minimum absolute atomic E-state index is 0.644. The number of hydrogen-bond donors (Lipinski definition) is 2. The zero-order chi connectivity index (χ0) is 8.10. The van der Waals surface area contributed by atoms with E-state index in [9.17, 15) is 0 Å². The van der Waals surface area contributed by atoms with Gasteiger partial charge in [-0.25, -0.2) is 5.10 Å². The standard InChI is InChI=1S/C6H13N5/c1-3-5(2)4-7-6-8-10-11-9-6/h5H,3-4H2,1-2H3,(H2,7,8,9,10,11)/t5-/m0/s1. The number of aromatic amines is 1. The van der Waals surface area contributed by atoms with Crippen LogP contribution in [0.15, 0.2) is 0 Å². The van der Waals surface area contributed by atoms with E-state index in [1.165, 1.54) is 0 Å². The lowest BCUT2D eigenvalue weighted by Crippen LogP contribution is -2.11. The van der Waals surface area contributed by atoms with Crippen LogP contribution in [0.1, 0.15) is 20.3 Å². The molecule has 62 valence electrons. The van der Waals surface area contributed by atoms with Crippen LogP contribution in [0.2, 0.25) is 0 Å². The number of tetrazole rings is 1. The van der Waals surface area contributed by atoms with Gasteiger partial charge in [0.15, 0.2) is 0 Å².